The van der Waals surface area contributed by atoms with Gasteiger partial charge in [-0.25, -0.2) is 4.79 Å². The number of ether oxygens (including phenoxy) is 3. The highest BCUT2D eigenvalue weighted by Gasteiger charge is 2.34. The number of rotatable bonds is 12. The summed E-state index contributed by atoms with van der Waals surface area (Å²) < 4.78 is 56.5. The van der Waals surface area contributed by atoms with E-state index >= 15 is 0 Å². The maximum Gasteiger partial charge on any atom is 0.417 e. The van der Waals surface area contributed by atoms with E-state index in [9.17, 15) is 18.0 Å². The third kappa shape index (κ3) is 8.90. The molecule has 2 aromatic rings. The van der Waals surface area contributed by atoms with Crippen LogP contribution in [0, 0.1) is 0 Å². The lowest BCUT2D eigenvalue weighted by atomic mass is 9.99. The van der Waals surface area contributed by atoms with Gasteiger partial charge in [-0.05, 0) is 59.7 Å². The molecule has 0 amide bonds. The van der Waals surface area contributed by atoms with Gasteiger partial charge in [0.2, 0.25) is 0 Å². The summed E-state index contributed by atoms with van der Waals surface area (Å²) in [5, 5.41) is -0.279. The Morgan fingerprint density at radius 3 is 2.64 bits per heavy atom. The fourth-order valence-corrected chi connectivity index (χ4v) is 4.73. The second-order valence-electron chi connectivity index (χ2n) is 9.25. The lowest BCUT2D eigenvalue weighted by molar-refractivity contribution is -0.137. The van der Waals surface area contributed by atoms with Crippen molar-refractivity contribution in [2.45, 2.75) is 38.4 Å². The average Bonchev–Trinajstić information content (AvgIpc) is 2.91. The zero-order valence-electron chi connectivity index (χ0n) is 22.3. The van der Waals surface area contributed by atoms with Crippen molar-refractivity contribution < 1.29 is 32.2 Å². The summed E-state index contributed by atoms with van der Waals surface area (Å²) in [4.78, 5) is 13.6. The molecule has 0 aromatic heterocycles. The molecule has 0 spiro atoms. The van der Waals surface area contributed by atoms with Gasteiger partial charge in [0.1, 0.15) is 11.5 Å². The lowest BCUT2D eigenvalue weighted by Gasteiger charge is -2.27. The van der Waals surface area contributed by atoms with Crippen LogP contribution in [0.2, 0.25) is 5.02 Å². The van der Waals surface area contributed by atoms with Crippen LogP contribution in [0.1, 0.15) is 42.4 Å². The number of allylic oxidation sites excluding steroid dienone is 4. The average molecular weight is 564 g/mol. The first-order valence-electron chi connectivity index (χ1n) is 12.6. The molecule has 0 aliphatic heterocycles. The number of benzene rings is 2. The van der Waals surface area contributed by atoms with E-state index in [1.54, 1.807) is 19.3 Å². The number of halogens is 4. The van der Waals surface area contributed by atoms with Crippen LogP contribution in [-0.2, 0) is 27.0 Å². The molecule has 0 saturated heterocycles. The number of methoxy groups -OCH3 is 2. The summed E-state index contributed by atoms with van der Waals surface area (Å²) in [5.74, 6) is 1.01. The Kier molecular flexibility index (Phi) is 11.1. The molecule has 9 heteroatoms. The van der Waals surface area contributed by atoms with Crippen molar-refractivity contribution >= 4 is 17.6 Å². The molecule has 3 rings (SSSR count). The molecular formula is C30H33ClF3NO4. The lowest BCUT2D eigenvalue weighted by Crippen LogP contribution is -2.29. The van der Waals surface area contributed by atoms with E-state index in [1.165, 1.54) is 19.3 Å². The number of carbonyl (C=O) groups is 1. The highest BCUT2D eigenvalue weighted by Crippen LogP contribution is 2.37. The van der Waals surface area contributed by atoms with Crippen molar-refractivity contribution in [2.75, 3.05) is 33.9 Å². The van der Waals surface area contributed by atoms with Crippen molar-refractivity contribution in [1.29, 1.82) is 0 Å². The maximum atomic E-state index is 13.5. The molecule has 2 aromatic carbocycles. The standard InChI is InChI=1S/C30H33ClF3NO4/c1-21(25-12-4-5-14-27(25)37-2)19-35(20-23-10-7-13-26(29(23)31)30(32,33)34)15-8-16-39-24-11-6-9-22(17-24)18-28(36)38-3/h4-7,10-14,17-18,21H,8-9,15-16,19-20H2,1-3H3. The Balaban J connectivity index is 1.72. The number of para-hydroxylation sites is 1. The first-order valence-corrected chi connectivity index (χ1v) is 13.0. The van der Waals surface area contributed by atoms with E-state index in [-0.39, 0.29) is 17.5 Å². The predicted octanol–water partition coefficient (Wildman–Crippen LogP) is 7.32. The van der Waals surface area contributed by atoms with E-state index in [4.69, 9.17) is 21.1 Å². The van der Waals surface area contributed by atoms with Crippen LogP contribution < -0.4 is 4.74 Å². The van der Waals surface area contributed by atoms with Gasteiger partial charge in [0.15, 0.2) is 0 Å². The number of esters is 1. The van der Waals surface area contributed by atoms with Gasteiger partial charge < -0.3 is 14.2 Å². The van der Waals surface area contributed by atoms with Gasteiger partial charge in [-0.3, -0.25) is 4.90 Å². The highest BCUT2D eigenvalue weighted by molar-refractivity contribution is 6.32. The first kappa shape index (κ1) is 30.3. The Morgan fingerprint density at radius 2 is 1.92 bits per heavy atom. The van der Waals surface area contributed by atoms with Gasteiger partial charge in [-0.15, -0.1) is 0 Å². The van der Waals surface area contributed by atoms with Gasteiger partial charge in [0, 0.05) is 25.7 Å². The van der Waals surface area contributed by atoms with Crippen LogP contribution in [0.4, 0.5) is 13.2 Å². The molecule has 1 atom stereocenters. The predicted molar refractivity (Wildman–Crippen MR) is 146 cm³/mol. The van der Waals surface area contributed by atoms with Crippen molar-refractivity contribution in [3.05, 3.63) is 99.8 Å². The zero-order valence-corrected chi connectivity index (χ0v) is 23.0. The Bertz CT molecular complexity index is 1220. The van der Waals surface area contributed by atoms with Gasteiger partial charge in [-0.1, -0.05) is 54.9 Å². The van der Waals surface area contributed by atoms with Crippen molar-refractivity contribution in [1.82, 2.24) is 4.90 Å². The van der Waals surface area contributed by atoms with Crippen LogP contribution in [-0.4, -0.2) is 44.8 Å². The fraction of sp³-hybridized carbons (Fsp3) is 0.367. The summed E-state index contributed by atoms with van der Waals surface area (Å²) in [7, 11) is 2.94. The molecule has 0 radical (unpaired) electrons. The fourth-order valence-electron chi connectivity index (χ4n) is 4.44. The first-order chi connectivity index (χ1) is 18.6. The number of hydrogen-bond acceptors (Lipinski definition) is 5. The van der Waals surface area contributed by atoms with Crippen LogP contribution in [0.5, 0.6) is 5.75 Å². The summed E-state index contributed by atoms with van der Waals surface area (Å²) in [5.41, 5.74) is 1.37. The summed E-state index contributed by atoms with van der Waals surface area (Å²) in [6, 6.07) is 11.7. The SMILES string of the molecule is COC(=O)C=C1C=C(OCCCN(Cc2cccc(C(F)(F)F)c2Cl)CC(C)c2ccccc2OC)C=CC1. The topological polar surface area (TPSA) is 48.0 Å². The molecule has 1 unspecified atom stereocenters. The molecule has 1 aliphatic rings. The van der Waals surface area contributed by atoms with E-state index in [0.29, 0.717) is 43.9 Å². The summed E-state index contributed by atoms with van der Waals surface area (Å²) in [6.45, 7) is 3.83. The third-order valence-corrected chi connectivity index (χ3v) is 6.78. The molecule has 0 N–H and O–H groups in total. The van der Waals surface area contributed by atoms with Crippen LogP contribution >= 0.6 is 11.6 Å². The largest absolute Gasteiger partial charge is 0.496 e. The van der Waals surface area contributed by atoms with E-state index in [2.05, 4.69) is 16.6 Å². The van der Waals surface area contributed by atoms with Crippen molar-refractivity contribution in [3.63, 3.8) is 0 Å². The Labute approximate surface area is 232 Å². The summed E-state index contributed by atoms with van der Waals surface area (Å²) in [6.07, 6.45) is 3.66. The van der Waals surface area contributed by atoms with Crippen molar-refractivity contribution in [3.8, 4) is 5.75 Å². The van der Waals surface area contributed by atoms with Crippen LogP contribution in [0.25, 0.3) is 0 Å². The molecule has 0 fully saturated rings. The Morgan fingerprint density at radius 1 is 1.15 bits per heavy atom. The second kappa shape index (κ2) is 14.2. The smallest absolute Gasteiger partial charge is 0.417 e. The minimum atomic E-state index is -4.53. The summed E-state index contributed by atoms with van der Waals surface area (Å²) >= 11 is 6.22. The van der Waals surface area contributed by atoms with Gasteiger partial charge in [-0.2, -0.15) is 13.2 Å². The number of alkyl halides is 3. The van der Waals surface area contributed by atoms with Gasteiger partial charge >= 0.3 is 12.1 Å². The number of hydrogen-bond donors (Lipinski definition) is 0. The van der Waals surface area contributed by atoms with Crippen molar-refractivity contribution in [2.24, 2.45) is 0 Å². The number of nitrogens with zero attached hydrogens (tertiary/aromatic N) is 1. The van der Waals surface area contributed by atoms with E-state index in [0.717, 1.165) is 23.0 Å². The minimum absolute atomic E-state index is 0.0432. The molecule has 5 nitrogen and oxygen atoms in total. The highest BCUT2D eigenvalue weighted by atomic mass is 35.5. The number of carbonyl (C=O) groups excluding carboxylic acids is 1. The molecule has 39 heavy (non-hydrogen) atoms. The Hall–Kier alpha value is -3.23. The van der Waals surface area contributed by atoms with E-state index < -0.39 is 17.7 Å². The monoisotopic (exact) mass is 563 g/mol. The molecular weight excluding hydrogens is 531 g/mol. The molecule has 210 valence electrons. The normalized spacial score (nSPS) is 15.3. The zero-order chi connectivity index (χ0) is 28.4. The quantitative estimate of drug-likeness (QED) is 0.154. The van der Waals surface area contributed by atoms with Crippen LogP contribution in [0.3, 0.4) is 0 Å². The van der Waals surface area contributed by atoms with Gasteiger partial charge in [0.05, 0.1) is 31.4 Å². The third-order valence-electron chi connectivity index (χ3n) is 6.34. The minimum Gasteiger partial charge on any atom is -0.496 e. The van der Waals surface area contributed by atoms with E-state index in [1.807, 2.05) is 36.4 Å². The van der Waals surface area contributed by atoms with Gasteiger partial charge in [0.25, 0.3) is 0 Å². The second-order valence-corrected chi connectivity index (χ2v) is 9.63. The maximum absolute atomic E-state index is 13.5. The molecule has 0 saturated carbocycles. The molecule has 0 heterocycles. The molecule has 1 aliphatic carbocycles. The molecule has 0 bridgehead atoms. The van der Waals surface area contributed by atoms with Crippen LogP contribution in [0.15, 0.2) is 78.1 Å².